The summed E-state index contributed by atoms with van der Waals surface area (Å²) in [6, 6.07) is 8.65. The molecule has 2 aromatic rings. The summed E-state index contributed by atoms with van der Waals surface area (Å²) in [5.41, 5.74) is 2.98. The highest BCUT2D eigenvalue weighted by molar-refractivity contribution is 6.33. The first-order chi connectivity index (χ1) is 17.7. The number of nitrogens with zero attached hydrogens (tertiary/aromatic N) is 5. The minimum atomic E-state index is -0.482. The van der Waals surface area contributed by atoms with Gasteiger partial charge in [-0.2, -0.15) is 4.68 Å². The molecule has 2 unspecified atom stereocenters. The lowest BCUT2D eigenvalue weighted by Gasteiger charge is -2.61. The van der Waals surface area contributed by atoms with Crippen molar-refractivity contribution in [2.75, 3.05) is 26.2 Å². The number of halogens is 1. The first kappa shape index (κ1) is 24.9. The van der Waals surface area contributed by atoms with Gasteiger partial charge in [-0.15, -0.1) is 0 Å². The molecule has 1 aliphatic heterocycles. The molecule has 7 rings (SSSR count). The van der Waals surface area contributed by atoms with Crippen LogP contribution in [0.1, 0.15) is 61.8 Å². The Kier molecular flexibility index (Phi) is 6.10. The van der Waals surface area contributed by atoms with Crippen LogP contribution in [-0.4, -0.2) is 56.6 Å². The van der Waals surface area contributed by atoms with Gasteiger partial charge in [0.05, 0.1) is 16.3 Å². The van der Waals surface area contributed by atoms with E-state index in [0.29, 0.717) is 24.0 Å². The number of carbonyl (C=O) groups excluding carboxylic acids is 1. The van der Waals surface area contributed by atoms with E-state index in [0.717, 1.165) is 64.8 Å². The molecule has 9 heteroatoms. The number of piperazine rings is 1. The number of rotatable bonds is 6. The van der Waals surface area contributed by atoms with Crippen molar-refractivity contribution >= 4 is 23.3 Å². The number of amides is 1. The fraction of sp³-hybridized carbons (Fsp3) is 0.643. The van der Waals surface area contributed by atoms with E-state index in [1.807, 2.05) is 11.6 Å². The van der Waals surface area contributed by atoms with Crippen LogP contribution in [-0.2, 0) is 16.9 Å². The second-order valence-corrected chi connectivity index (χ2v) is 12.8. The van der Waals surface area contributed by atoms with Gasteiger partial charge in [-0.3, -0.25) is 9.69 Å². The van der Waals surface area contributed by atoms with Crippen molar-refractivity contribution in [3.8, 4) is 0 Å². The summed E-state index contributed by atoms with van der Waals surface area (Å²) in [5, 5.41) is 16.1. The van der Waals surface area contributed by atoms with Crippen LogP contribution in [0.2, 0.25) is 5.02 Å². The molecule has 1 amide bonds. The number of nitro groups is 1. The van der Waals surface area contributed by atoms with Gasteiger partial charge < -0.3 is 15.0 Å². The largest absolute Gasteiger partial charge is 0.408 e. The van der Waals surface area contributed by atoms with Gasteiger partial charge in [0.1, 0.15) is 0 Å². The summed E-state index contributed by atoms with van der Waals surface area (Å²) in [7, 11) is 0. The van der Waals surface area contributed by atoms with Crippen molar-refractivity contribution in [1.82, 2.24) is 19.6 Å². The molecule has 1 aromatic carbocycles. The fourth-order valence-corrected chi connectivity index (χ4v) is 8.75. The van der Waals surface area contributed by atoms with Crippen LogP contribution in [0, 0.1) is 41.2 Å². The van der Waals surface area contributed by atoms with Crippen molar-refractivity contribution in [3.63, 3.8) is 0 Å². The molecule has 4 aliphatic carbocycles. The summed E-state index contributed by atoms with van der Waals surface area (Å²) in [6.07, 6.45) is 6.77. The molecule has 1 aromatic heterocycles. The minimum Gasteiger partial charge on any atom is -0.358 e. The Bertz CT molecular complexity index is 1220. The van der Waals surface area contributed by atoms with Crippen LogP contribution in [0.4, 0.5) is 5.82 Å². The smallest absolute Gasteiger partial charge is 0.358 e. The molecular weight excluding hydrogens is 490 g/mol. The first-order valence-corrected chi connectivity index (χ1v) is 14.0. The third-order valence-electron chi connectivity index (χ3n) is 9.54. The van der Waals surface area contributed by atoms with Crippen molar-refractivity contribution < 1.29 is 9.72 Å². The summed E-state index contributed by atoms with van der Waals surface area (Å²) in [6.45, 7) is 8.25. The average molecular weight is 526 g/mol. The van der Waals surface area contributed by atoms with Crippen molar-refractivity contribution in [1.29, 1.82) is 0 Å². The SMILES string of the molecule is Cc1cccc(CN2CCN(C(=O)CC34CC5CC(C3)CC(n3nc([N+](=O)[O-])c(Cl)c3C)(C5)C4)CC2)c1. The molecule has 1 saturated heterocycles. The standard InChI is InChI=1S/C28H36ClN5O3/c1-19-4-3-5-21(10-19)17-31-6-8-32(9-7-31)24(35)16-27-12-22-11-23(13-27)15-28(14-22,18-27)33-20(2)25(29)26(30-33)34(36)37/h3-5,10,22-23H,6-9,11-18H2,1-2H3. The Morgan fingerprint density at radius 2 is 1.84 bits per heavy atom. The van der Waals surface area contributed by atoms with Crippen LogP contribution < -0.4 is 0 Å². The number of carbonyl (C=O) groups is 1. The molecule has 2 heterocycles. The second-order valence-electron chi connectivity index (χ2n) is 12.4. The number of aryl methyl sites for hydroxylation is 1. The quantitative estimate of drug-likeness (QED) is 0.387. The number of hydrogen-bond acceptors (Lipinski definition) is 5. The molecule has 198 valence electrons. The van der Waals surface area contributed by atoms with Crippen LogP contribution in [0.5, 0.6) is 0 Å². The Balaban J connectivity index is 1.15. The number of hydrogen-bond donors (Lipinski definition) is 0. The number of aromatic nitrogens is 2. The zero-order valence-electron chi connectivity index (χ0n) is 21.8. The predicted octanol–water partition coefficient (Wildman–Crippen LogP) is 5.09. The molecule has 8 nitrogen and oxygen atoms in total. The summed E-state index contributed by atoms with van der Waals surface area (Å²) >= 11 is 6.35. The Morgan fingerprint density at radius 1 is 1.14 bits per heavy atom. The Morgan fingerprint density at radius 3 is 2.46 bits per heavy atom. The topological polar surface area (TPSA) is 84.5 Å². The number of benzene rings is 1. The minimum absolute atomic E-state index is 0.0422. The van der Waals surface area contributed by atoms with E-state index in [2.05, 4.69) is 46.1 Å². The lowest BCUT2D eigenvalue weighted by atomic mass is 9.46. The van der Waals surface area contributed by atoms with Gasteiger partial charge in [-0.25, -0.2) is 0 Å². The molecule has 0 N–H and O–H groups in total. The molecule has 2 atom stereocenters. The van der Waals surface area contributed by atoms with Crippen molar-refractivity contribution in [2.24, 2.45) is 17.3 Å². The van der Waals surface area contributed by atoms with E-state index in [-0.39, 0.29) is 27.7 Å². The first-order valence-electron chi connectivity index (χ1n) is 13.6. The maximum atomic E-state index is 13.6. The van der Waals surface area contributed by atoms with Crippen LogP contribution >= 0.6 is 11.6 Å². The van der Waals surface area contributed by atoms with Gasteiger partial charge in [0.2, 0.25) is 5.91 Å². The lowest BCUT2D eigenvalue weighted by molar-refractivity contribution is -0.389. The highest BCUT2D eigenvalue weighted by atomic mass is 35.5. The lowest BCUT2D eigenvalue weighted by Crippen LogP contribution is -2.58. The molecule has 5 aliphatic rings. The van der Waals surface area contributed by atoms with Gasteiger partial charge in [0, 0.05) is 39.1 Å². The fourth-order valence-electron chi connectivity index (χ4n) is 8.56. The van der Waals surface area contributed by atoms with Gasteiger partial charge in [-0.05, 0) is 80.1 Å². The Labute approximate surface area is 223 Å². The average Bonchev–Trinajstić information content (AvgIpc) is 3.14. The third kappa shape index (κ3) is 4.46. The molecule has 4 bridgehead atoms. The maximum Gasteiger partial charge on any atom is 0.408 e. The van der Waals surface area contributed by atoms with E-state index < -0.39 is 4.92 Å². The van der Waals surface area contributed by atoms with Crippen LogP contribution in [0.15, 0.2) is 24.3 Å². The van der Waals surface area contributed by atoms with Crippen molar-refractivity contribution in [2.45, 2.75) is 70.9 Å². The maximum absolute atomic E-state index is 13.6. The zero-order valence-corrected chi connectivity index (χ0v) is 22.5. The summed E-state index contributed by atoms with van der Waals surface area (Å²) in [4.78, 5) is 29.2. The normalized spacial score (nSPS) is 31.2. The van der Waals surface area contributed by atoms with Gasteiger partial charge in [0.15, 0.2) is 5.02 Å². The van der Waals surface area contributed by atoms with Gasteiger partial charge >= 0.3 is 5.82 Å². The highest BCUT2D eigenvalue weighted by Gasteiger charge is 2.61. The highest BCUT2D eigenvalue weighted by Crippen LogP contribution is 2.65. The summed E-state index contributed by atoms with van der Waals surface area (Å²) < 4.78 is 1.88. The summed E-state index contributed by atoms with van der Waals surface area (Å²) in [5.74, 6) is 1.11. The monoisotopic (exact) mass is 525 g/mol. The Hall–Kier alpha value is -2.45. The third-order valence-corrected chi connectivity index (χ3v) is 9.98. The van der Waals surface area contributed by atoms with E-state index in [1.54, 1.807) is 0 Å². The van der Waals surface area contributed by atoms with E-state index in [4.69, 9.17) is 11.6 Å². The van der Waals surface area contributed by atoms with Gasteiger partial charge in [-0.1, -0.05) is 41.4 Å². The molecule has 0 spiro atoms. The van der Waals surface area contributed by atoms with Gasteiger partial charge in [0.25, 0.3) is 0 Å². The van der Waals surface area contributed by atoms with E-state index >= 15 is 0 Å². The van der Waals surface area contributed by atoms with E-state index in [1.165, 1.54) is 17.5 Å². The molecule has 0 radical (unpaired) electrons. The van der Waals surface area contributed by atoms with E-state index in [9.17, 15) is 14.9 Å². The zero-order chi connectivity index (χ0) is 25.9. The second kappa shape index (κ2) is 9.09. The predicted molar refractivity (Wildman–Crippen MR) is 141 cm³/mol. The molecular formula is C28H36ClN5O3. The molecule has 37 heavy (non-hydrogen) atoms. The van der Waals surface area contributed by atoms with Crippen LogP contribution in [0.25, 0.3) is 0 Å². The van der Waals surface area contributed by atoms with Crippen molar-refractivity contribution in [3.05, 3.63) is 56.2 Å². The molecule has 4 saturated carbocycles. The van der Waals surface area contributed by atoms with Crippen LogP contribution in [0.3, 0.4) is 0 Å². The molecule has 5 fully saturated rings.